The number of halogens is 1. The van der Waals surface area contributed by atoms with Crippen molar-refractivity contribution in [3.63, 3.8) is 0 Å². The van der Waals surface area contributed by atoms with Crippen molar-refractivity contribution in [2.45, 2.75) is 45.1 Å². The predicted octanol–water partition coefficient (Wildman–Crippen LogP) is 3.48. The fraction of sp³-hybridized carbons (Fsp3) is 0.625. The Hall–Kier alpha value is -1.09. The van der Waals surface area contributed by atoms with E-state index in [1.54, 1.807) is 6.07 Å². The van der Waals surface area contributed by atoms with Crippen molar-refractivity contribution in [3.05, 3.63) is 29.1 Å². The van der Waals surface area contributed by atoms with Gasteiger partial charge in [-0.2, -0.15) is 0 Å². The molecular weight excluding hydrogens is 239 g/mol. The van der Waals surface area contributed by atoms with Gasteiger partial charge in [0.1, 0.15) is 5.82 Å². The molecule has 0 aliphatic carbocycles. The molecule has 0 aromatic heterocycles. The molecule has 2 aliphatic rings. The summed E-state index contributed by atoms with van der Waals surface area (Å²) in [5.74, 6) is -0.111. The molecule has 1 aromatic carbocycles. The normalized spacial score (nSPS) is 21.6. The Kier molecular flexibility index (Phi) is 3.25. The first kappa shape index (κ1) is 12.9. The fourth-order valence-corrected chi connectivity index (χ4v) is 3.79. The second kappa shape index (κ2) is 4.78. The van der Waals surface area contributed by atoms with Crippen LogP contribution in [0.4, 0.5) is 10.1 Å². The highest BCUT2D eigenvalue weighted by atomic mass is 19.1. The van der Waals surface area contributed by atoms with E-state index in [4.69, 9.17) is 0 Å². The highest BCUT2D eigenvalue weighted by Gasteiger charge is 2.43. The Morgan fingerprint density at radius 3 is 2.53 bits per heavy atom. The van der Waals surface area contributed by atoms with Crippen LogP contribution in [0.3, 0.4) is 0 Å². The molecule has 1 N–H and O–H groups in total. The third kappa shape index (κ3) is 2.25. The monoisotopic (exact) mass is 262 g/mol. The molecule has 2 fully saturated rings. The van der Waals surface area contributed by atoms with Gasteiger partial charge in [-0.05, 0) is 69.8 Å². The number of rotatable bonds is 3. The number of fused-ring (bicyclic) bond motifs is 1. The molecular formula is C16H23FN2. The maximum atomic E-state index is 13.7. The molecule has 3 rings (SSSR count). The van der Waals surface area contributed by atoms with Gasteiger partial charge in [0.25, 0.3) is 0 Å². The van der Waals surface area contributed by atoms with Crippen LogP contribution >= 0.6 is 0 Å². The largest absolute Gasteiger partial charge is 0.383 e. The molecule has 0 unspecified atom stereocenters. The number of nitrogens with one attached hydrogen (secondary N) is 1. The topological polar surface area (TPSA) is 15.3 Å². The molecule has 104 valence electrons. The van der Waals surface area contributed by atoms with Crippen molar-refractivity contribution in [3.8, 4) is 0 Å². The summed E-state index contributed by atoms with van der Waals surface area (Å²) in [6.07, 6.45) is 5.19. The quantitative estimate of drug-likeness (QED) is 0.897. The number of benzene rings is 1. The lowest BCUT2D eigenvalue weighted by atomic mass is 9.94. The minimum atomic E-state index is -0.111. The van der Waals surface area contributed by atoms with Crippen LogP contribution in [0.25, 0.3) is 0 Å². The summed E-state index contributed by atoms with van der Waals surface area (Å²) in [7, 11) is 0. The fourth-order valence-electron chi connectivity index (χ4n) is 3.79. The van der Waals surface area contributed by atoms with Crippen molar-refractivity contribution in [2.75, 3.05) is 25.0 Å². The van der Waals surface area contributed by atoms with Gasteiger partial charge in [-0.3, -0.25) is 4.90 Å². The molecule has 0 spiro atoms. The molecule has 2 nitrogen and oxygen atoms in total. The Balaban J connectivity index is 1.74. The number of nitrogens with zero attached hydrogens (tertiary/aromatic N) is 1. The van der Waals surface area contributed by atoms with E-state index in [1.807, 2.05) is 19.9 Å². The van der Waals surface area contributed by atoms with Gasteiger partial charge in [0, 0.05) is 17.8 Å². The number of hydrogen-bond donors (Lipinski definition) is 1. The van der Waals surface area contributed by atoms with Gasteiger partial charge in [-0.15, -0.1) is 0 Å². The smallest absolute Gasteiger partial charge is 0.128 e. The van der Waals surface area contributed by atoms with Gasteiger partial charge in [0.05, 0.1) is 0 Å². The van der Waals surface area contributed by atoms with Crippen LogP contribution < -0.4 is 5.32 Å². The summed E-state index contributed by atoms with van der Waals surface area (Å²) in [6, 6.07) is 3.58. The van der Waals surface area contributed by atoms with Gasteiger partial charge in [-0.25, -0.2) is 4.39 Å². The first-order valence-corrected chi connectivity index (χ1v) is 7.36. The molecule has 0 saturated carbocycles. The van der Waals surface area contributed by atoms with E-state index in [9.17, 15) is 4.39 Å². The SMILES string of the molecule is Cc1cc(C)c(NCC23CCCN2CCC3)cc1F. The lowest BCUT2D eigenvalue weighted by Crippen LogP contribution is -2.44. The molecule has 0 amide bonds. The Labute approximate surface area is 115 Å². The highest BCUT2D eigenvalue weighted by molar-refractivity contribution is 5.52. The van der Waals surface area contributed by atoms with Crippen LogP contribution in [-0.2, 0) is 0 Å². The summed E-state index contributed by atoms with van der Waals surface area (Å²) in [5, 5.41) is 3.50. The number of anilines is 1. The third-order valence-corrected chi connectivity index (χ3v) is 4.92. The number of hydrogen-bond acceptors (Lipinski definition) is 2. The van der Waals surface area contributed by atoms with Crippen molar-refractivity contribution in [2.24, 2.45) is 0 Å². The third-order valence-electron chi connectivity index (χ3n) is 4.92. The molecule has 19 heavy (non-hydrogen) atoms. The van der Waals surface area contributed by atoms with E-state index in [-0.39, 0.29) is 5.82 Å². The Bertz CT molecular complexity index is 474. The molecule has 1 aromatic rings. The minimum Gasteiger partial charge on any atom is -0.383 e. The van der Waals surface area contributed by atoms with Crippen molar-refractivity contribution in [1.29, 1.82) is 0 Å². The van der Waals surface area contributed by atoms with E-state index in [0.717, 1.165) is 23.4 Å². The zero-order chi connectivity index (χ0) is 13.5. The zero-order valence-electron chi connectivity index (χ0n) is 11.9. The summed E-state index contributed by atoms with van der Waals surface area (Å²) in [6.45, 7) is 7.30. The first-order valence-electron chi connectivity index (χ1n) is 7.36. The van der Waals surface area contributed by atoms with Crippen LogP contribution in [0.1, 0.15) is 36.8 Å². The zero-order valence-corrected chi connectivity index (χ0v) is 11.9. The lowest BCUT2D eigenvalue weighted by molar-refractivity contribution is 0.209. The summed E-state index contributed by atoms with van der Waals surface area (Å²) in [4.78, 5) is 2.62. The van der Waals surface area contributed by atoms with Crippen molar-refractivity contribution < 1.29 is 4.39 Å². The van der Waals surface area contributed by atoms with Crippen LogP contribution in [0.15, 0.2) is 12.1 Å². The standard InChI is InChI=1S/C16H23FN2/c1-12-9-13(2)15(10-14(12)17)18-11-16-5-3-7-19(16)8-4-6-16/h9-10,18H,3-8,11H2,1-2H3. The van der Waals surface area contributed by atoms with Gasteiger partial charge in [0.2, 0.25) is 0 Å². The molecule has 3 heteroatoms. The Morgan fingerprint density at radius 1 is 1.16 bits per heavy atom. The molecule has 0 atom stereocenters. The molecule has 0 bridgehead atoms. The summed E-state index contributed by atoms with van der Waals surface area (Å²) < 4.78 is 13.7. The second-order valence-electron chi connectivity index (χ2n) is 6.19. The van der Waals surface area contributed by atoms with Crippen molar-refractivity contribution in [1.82, 2.24) is 4.90 Å². The van der Waals surface area contributed by atoms with Gasteiger partial charge in [0.15, 0.2) is 0 Å². The van der Waals surface area contributed by atoms with Crippen LogP contribution in [0, 0.1) is 19.7 Å². The van der Waals surface area contributed by atoms with E-state index in [2.05, 4.69) is 10.2 Å². The van der Waals surface area contributed by atoms with Crippen LogP contribution in [-0.4, -0.2) is 30.1 Å². The van der Waals surface area contributed by atoms with E-state index in [1.165, 1.54) is 38.8 Å². The first-order chi connectivity index (χ1) is 9.11. The highest BCUT2D eigenvalue weighted by Crippen LogP contribution is 2.39. The number of aryl methyl sites for hydroxylation is 2. The molecule has 2 heterocycles. The van der Waals surface area contributed by atoms with E-state index < -0.39 is 0 Å². The average molecular weight is 262 g/mol. The lowest BCUT2D eigenvalue weighted by Gasteiger charge is -2.33. The maximum Gasteiger partial charge on any atom is 0.128 e. The molecule has 0 radical (unpaired) electrons. The van der Waals surface area contributed by atoms with Crippen LogP contribution in [0.2, 0.25) is 0 Å². The van der Waals surface area contributed by atoms with Gasteiger partial charge in [-0.1, -0.05) is 6.07 Å². The van der Waals surface area contributed by atoms with Crippen molar-refractivity contribution >= 4 is 5.69 Å². The second-order valence-corrected chi connectivity index (χ2v) is 6.19. The Morgan fingerprint density at radius 2 is 1.84 bits per heavy atom. The van der Waals surface area contributed by atoms with Gasteiger partial charge >= 0.3 is 0 Å². The molecule has 2 saturated heterocycles. The van der Waals surface area contributed by atoms with Gasteiger partial charge < -0.3 is 5.32 Å². The predicted molar refractivity (Wildman–Crippen MR) is 77.1 cm³/mol. The summed E-state index contributed by atoms with van der Waals surface area (Å²) >= 11 is 0. The minimum absolute atomic E-state index is 0.111. The maximum absolute atomic E-state index is 13.7. The van der Waals surface area contributed by atoms with E-state index >= 15 is 0 Å². The van der Waals surface area contributed by atoms with E-state index in [0.29, 0.717) is 5.54 Å². The van der Waals surface area contributed by atoms with Crippen LogP contribution in [0.5, 0.6) is 0 Å². The molecule has 2 aliphatic heterocycles. The summed E-state index contributed by atoms with van der Waals surface area (Å²) in [5.41, 5.74) is 3.16. The average Bonchev–Trinajstić information content (AvgIpc) is 2.91.